The zero-order valence-corrected chi connectivity index (χ0v) is 21.2. The molecule has 33 heavy (non-hydrogen) atoms. The van der Waals surface area contributed by atoms with Crippen molar-refractivity contribution >= 4 is 67.9 Å². The molecule has 0 fully saturated rings. The molecule has 0 atom stereocenters. The van der Waals surface area contributed by atoms with Crippen molar-refractivity contribution in [2.24, 2.45) is 0 Å². The molecular formula is C23H24ClN3O4S2. The molecule has 2 amide bonds. The molecule has 3 rings (SSSR count). The lowest BCUT2D eigenvalue weighted by atomic mass is 10.1. The maximum absolute atomic E-state index is 12.7. The van der Waals surface area contributed by atoms with Crippen molar-refractivity contribution in [3.8, 4) is 11.5 Å². The number of amides is 2. The van der Waals surface area contributed by atoms with Crippen LogP contribution in [0.15, 0.2) is 36.4 Å². The minimum Gasteiger partial charge on any atom is -0.493 e. The summed E-state index contributed by atoms with van der Waals surface area (Å²) in [7, 11) is 3.01. The molecule has 0 aliphatic rings. The van der Waals surface area contributed by atoms with E-state index >= 15 is 0 Å². The van der Waals surface area contributed by atoms with Crippen molar-refractivity contribution in [3.63, 3.8) is 0 Å². The number of carbonyl (C=O) groups excluding carboxylic acids is 2. The van der Waals surface area contributed by atoms with Gasteiger partial charge >= 0.3 is 0 Å². The molecule has 0 saturated carbocycles. The number of hydrogen-bond donors (Lipinski definition) is 3. The summed E-state index contributed by atoms with van der Waals surface area (Å²) >= 11 is 13.1. The van der Waals surface area contributed by atoms with E-state index in [9.17, 15) is 9.59 Å². The van der Waals surface area contributed by atoms with Crippen LogP contribution in [-0.4, -0.2) is 36.7 Å². The van der Waals surface area contributed by atoms with Gasteiger partial charge in [-0.2, -0.15) is 0 Å². The van der Waals surface area contributed by atoms with E-state index in [0.717, 1.165) is 10.1 Å². The highest BCUT2D eigenvalue weighted by Gasteiger charge is 2.23. The quantitative estimate of drug-likeness (QED) is 0.412. The lowest BCUT2D eigenvalue weighted by molar-refractivity contribution is 0.0922. The highest BCUT2D eigenvalue weighted by Crippen LogP contribution is 2.39. The number of fused-ring (bicyclic) bond motifs is 1. The lowest BCUT2D eigenvalue weighted by Gasteiger charge is -2.19. The molecule has 174 valence electrons. The van der Waals surface area contributed by atoms with Crippen LogP contribution in [0.4, 0.5) is 5.69 Å². The van der Waals surface area contributed by atoms with E-state index in [-0.39, 0.29) is 11.0 Å². The van der Waals surface area contributed by atoms with Crippen LogP contribution in [0.5, 0.6) is 11.5 Å². The number of thiophene rings is 1. The third-order valence-corrected chi connectivity index (χ3v) is 6.42. The summed E-state index contributed by atoms with van der Waals surface area (Å²) in [5.74, 6) is 0.296. The Kier molecular flexibility index (Phi) is 7.46. The van der Waals surface area contributed by atoms with Gasteiger partial charge in [-0.3, -0.25) is 14.9 Å². The number of hydrogen-bond acceptors (Lipinski definition) is 6. The fourth-order valence-electron chi connectivity index (χ4n) is 3.04. The number of ether oxygens (including phenoxy) is 2. The summed E-state index contributed by atoms with van der Waals surface area (Å²) in [6, 6.07) is 10.3. The Labute approximate surface area is 206 Å². The van der Waals surface area contributed by atoms with Crippen LogP contribution in [0.3, 0.4) is 0 Å². The van der Waals surface area contributed by atoms with Gasteiger partial charge < -0.3 is 20.1 Å². The van der Waals surface area contributed by atoms with Crippen LogP contribution in [0.25, 0.3) is 10.1 Å². The van der Waals surface area contributed by atoms with Gasteiger partial charge in [-0.25, -0.2) is 0 Å². The van der Waals surface area contributed by atoms with Gasteiger partial charge in [-0.1, -0.05) is 23.7 Å². The first-order valence-corrected chi connectivity index (χ1v) is 11.5. The molecule has 2 aromatic carbocycles. The van der Waals surface area contributed by atoms with Gasteiger partial charge in [0.05, 0.1) is 29.6 Å². The second kappa shape index (κ2) is 9.94. The summed E-state index contributed by atoms with van der Waals surface area (Å²) < 4.78 is 11.2. The van der Waals surface area contributed by atoms with E-state index < -0.39 is 11.4 Å². The molecule has 0 unspecified atom stereocenters. The molecule has 0 radical (unpaired) electrons. The third kappa shape index (κ3) is 5.73. The van der Waals surface area contributed by atoms with E-state index in [2.05, 4.69) is 16.0 Å². The molecule has 0 spiro atoms. The van der Waals surface area contributed by atoms with E-state index in [1.54, 1.807) is 30.3 Å². The number of carbonyl (C=O) groups is 2. The second-order valence-corrected chi connectivity index (χ2v) is 9.92. The fourth-order valence-corrected chi connectivity index (χ4v) is 4.71. The standard InChI is InChI=1S/C23H24ClN3O4S2/c1-23(2,3)27-21(29)19-17(24)13-7-6-8-14(18(13)33-19)25-22(32)26-20(28)12-9-10-15(30-4)16(11-12)31-5/h6-11H,1-5H3,(H,27,29)(H2,25,26,28,32). The molecular weight excluding hydrogens is 482 g/mol. The van der Waals surface area contributed by atoms with Crippen LogP contribution in [0.1, 0.15) is 40.8 Å². The Balaban J connectivity index is 1.80. The number of benzene rings is 2. The SMILES string of the molecule is COc1ccc(C(=O)NC(=S)Nc2cccc3c(Cl)c(C(=O)NC(C)(C)C)sc23)cc1OC. The Morgan fingerprint density at radius 1 is 1.03 bits per heavy atom. The third-order valence-electron chi connectivity index (χ3n) is 4.47. The minimum absolute atomic E-state index is 0.104. The summed E-state index contributed by atoms with van der Waals surface area (Å²) in [6.07, 6.45) is 0. The largest absolute Gasteiger partial charge is 0.493 e. The molecule has 3 N–H and O–H groups in total. The topological polar surface area (TPSA) is 88.7 Å². The van der Waals surface area contributed by atoms with Gasteiger partial charge in [0.2, 0.25) is 0 Å². The Morgan fingerprint density at radius 2 is 1.73 bits per heavy atom. The predicted molar refractivity (Wildman–Crippen MR) is 137 cm³/mol. The lowest BCUT2D eigenvalue weighted by Crippen LogP contribution is -2.40. The predicted octanol–water partition coefficient (Wildman–Crippen LogP) is 5.23. The van der Waals surface area contributed by atoms with E-state index in [1.165, 1.54) is 25.6 Å². The van der Waals surface area contributed by atoms with Gasteiger partial charge in [0.1, 0.15) is 4.88 Å². The summed E-state index contributed by atoms with van der Waals surface area (Å²) in [5.41, 5.74) is 0.593. The van der Waals surface area contributed by atoms with Crippen molar-refractivity contribution in [2.75, 3.05) is 19.5 Å². The highest BCUT2D eigenvalue weighted by molar-refractivity contribution is 7.80. The van der Waals surface area contributed by atoms with Crippen molar-refractivity contribution in [3.05, 3.63) is 51.9 Å². The van der Waals surface area contributed by atoms with E-state index in [0.29, 0.717) is 32.6 Å². The van der Waals surface area contributed by atoms with E-state index in [1.807, 2.05) is 26.8 Å². The normalized spacial score (nSPS) is 11.1. The number of anilines is 1. The van der Waals surface area contributed by atoms with Crippen molar-refractivity contribution in [1.29, 1.82) is 0 Å². The zero-order valence-electron chi connectivity index (χ0n) is 18.8. The van der Waals surface area contributed by atoms with Crippen LogP contribution in [0, 0.1) is 0 Å². The molecule has 3 aromatic rings. The summed E-state index contributed by atoms with van der Waals surface area (Å²) in [4.78, 5) is 25.7. The van der Waals surface area contributed by atoms with Crippen LogP contribution < -0.4 is 25.4 Å². The number of nitrogens with one attached hydrogen (secondary N) is 3. The van der Waals surface area contributed by atoms with Crippen LogP contribution >= 0.6 is 35.2 Å². The average molecular weight is 506 g/mol. The first-order valence-electron chi connectivity index (χ1n) is 9.92. The zero-order chi connectivity index (χ0) is 24.3. The molecule has 0 saturated heterocycles. The average Bonchev–Trinajstić information content (AvgIpc) is 3.09. The monoisotopic (exact) mass is 505 g/mol. The molecule has 1 heterocycles. The molecule has 0 aliphatic carbocycles. The minimum atomic E-state index is -0.407. The fraction of sp³-hybridized carbons (Fsp3) is 0.261. The summed E-state index contributed by atoms with van der Waals surface area (Å²) in [6.45, 7) is 5.70. The van der Waals surface area contributed by atoms with Gasteiger partial charge in [0.15, 0.2) is 16.6 Å². The molecule has 0 aliphatic heterocycles. The Bertz CT molecular complexity index is 1230. The number of methoxy groups -OCH3 is 2. The molecule has 7 nitrogen and oxygen atoms in total. The number of rotatable bonds is 5. The van der Waals surface area contributed by atoms with E-state index in [4.69, 9.17) is 33.3 Å². The van der Waals surface area contributed by atoms with Gasteiger partial charge in [0.25, 0.3) is 11.8 Å². The van der Waals surface area contributed by atoms with Crippen molar-refractivity contribution in [1.82, 2.24) is 10.6 Å². The Hall–Kier alpha value is -2.88. The smallest absolute Gasteiger partial charge is 0.263 e. The highest BCUT2D eigenvalue weighted by atomic mass is 35.5. The van der Waals surface area contributed by atoms with Gasteiger partial charge in [-0.15, -0.1) is 11.3 Å². The molecule has 10 heteroatoms. The Morgan fingerprint density at radius 3 is 2.36 bits per heavy atom. The van der Waals surface area contributed by atoms with Crippen LogP contribution in [-0.2, 0) is 0 Å². The maximum atomic E-state index is 12.7. The van der Waals surface area contributed by atoms with Gasteiger partial charge in [-0.05, 0) is 57.3 Å². The molecule has 1 aromatic heterocycles. The van der Waals surface area contributed by atoms with Gasteiger partial charge in [0, 0.05) is 16.5 Å². The van der Waals surface area contributed by atoms with Crippen molar-refractivity contribution < 1.29 is 19.1 Å². The maximum Gasteiger partial charge on any atom is 0.263 e. The molecule has 0 bridgehead atoms. The first kappa shape index (κ1) is 24.8. The number of halogens is 1. The first-order chi connectivity index (χ1) is 15.5. The van der Waals surface area contributed by atoms with Crippen LogP contribution in [0.2, 0.25) is 5.02 Å². The van der Waals surface area contributed by atoms with Crippen molar-refractivity contribution in [2.45, 2.75) is 26.3 Å². The number of thiocarbonyl (C=S) groups is 1. The second-order valence-electron chi connectivity index (χ2n) is 8.11. The summed E-state index contributed by atoms with van der Waals surface area (Å²) in [5, 5.41) is 9.80.